The first-order chi connectivity index (χ1) is 13.2. The molecule has 0 spiro atoms. The van der Waals surface area contributed by atoms with Crippen molar-refractivity contribution in [1.29, 1.82) is 0 Å². The molecule has 0 heterocycles. The highest BCUT2D eigenvalue weighted by Gasteiger charge is 2.61. The lowest BCUT2D eigenvalue weighted by Crippen LogP contribution is -2.56. The second-order valence-corrected chi connectivity index (χ2v) is 9.81. The number of hydrogen-bond donors (Lipinski definition) is 0. The second-order valence-electron chi connectivity index (χ2n) is 9.81. The van der Waals surface area contributed by atoms with Crippen molar-refractivity contribution in [2.24, 2.45) is 28.6 Å². The smallest absolute Gasteiger partial charge is 0.302 e. The van der Waals surface area contributed by atoms with Gasteiger partial charge in [-0.15, -0.1) is 0 Å². The molecule has 4 aliphatic rings. The number of rotatable bonds is 2. The van der Waals surface area contributed by atoms with E-state index in [0.29, 0.717) is 36.4 Å². The molecule has 0 aromatic carbocycles. The summed E-state index contributed by atoms with van der Waals surface area (Å²) in [7, 11) is 0. The van der Waals surface area contributed by atoms with Gasteiger partial charge in [0.25, 0.3) is 0 Å². The molecule has 0 bridgehead atoms. The quantitative estimate of drug-likeness (QED) is 0.528. The van der Waals surface area contributed by atoms with Crippen LogP contribution in [0.15, 0.2) is 11.6 Å². The molecule has 0 aromatic heterocycles. The van der Waals surface area contributed by atoms with Gasteiger partial charge in [0.05, 0.1) is 0 Å². The molecule has 2 unspecified atom stereocenters. The third-order valence-electron chi connectivity index (χ3n) is 8.48. The van der Waals surface area contributed by atoms with Crippen molar-refractivity contribution >= 4 is 17.7 Å². The third kappa shape index (κ3) is 2.84. The Kier molecular flexibility index (Phi) is 4.71. The summed E-state index contributed by atoms with van der Waals surface area (Å²) in [6, 6.07) is 0. The Balaban J connectivity index is 1.69. The van der Waals surface area contributed by atoms with E-state index >= 15 is 0 Å². The summed E-state index contributed by atoms with van der Waals surface area (Å²) in [5, 5.41) is 0. The minimum atomic E-state index is -0.289. The van der Waals surface area contributed by atoms with Gasteiger partial charge in [0.1, 0.15) is 18.0 Å². The fourth-order valence-corrected chi connectivity index (χ4v) is 7.12. The molecule has 3 saturated carbocycles. The number of esters is 2. The van der Waals surface area contributed by atoms with E-state index in [0.717, 1.165) is 32.1 Å². The summed E-state index contributed by atoms with van der Waals surface area (Å²) in [6.45, 7) is 7.30. The molecule has 7 atom stereocenters. The molecule has 0 saturated heterocycles. The summed E-state index contributed by atoms with van der Waals surface area (Å²) in [5.74, 6) is 1.15. The third-order valence-corrected chi connectivity index (χ3v) is 8.48. The second kappa shape index (κ2) is 6.70. The lowest BCUT2D eigenvalue weighted by Gasteiger charge is -2.58. The van der Waals surface area contributed by atoms with Crippen LogP contribution in [-0.4, -0.2) is 29.9 Å². The molecule has 0 aliphatic heterocycles. The van der Waals surface area contributed by atoms with E-state index in [1.807, 2.05) is 0 Å². The van der Waals surface area contributed by atoms with Gasteiger partial charge in [-0.1, -0.05) is 25.5 Å². The van der Waals surface area contributed by atoms with Gasteiger partial charge >= 0.3 is 11.9 Å². The standard InChI is InChI=1S/C23H32O5/c1-13(24)27-16-11-15-5-6-17-18-7-8-20(26)22(18,3)10-9-19(17)23(15,4)21(12-16)28-14(2)25/h5,16-19,21H,6-12H2,1-4H3/t16?,17-,18-,19+,21?,22-,23-/m0/s1. The van der Waals surface area contributed by atoms with Crippen LogP contribution in [0.2, 0.25) is 0 Å². The van der Waals surface area contributed by atoms with E-state index in [1.165, 1.54) is 19.4 Å². The first-order valence-corrected chi connectivity index (χ1v) is 10.7. The Bertz CT molecular complexity index is 739. The lowest BCUT2D eigenvalue weighted by atomic mass is 9.47. The molecule has 4 rings (SSSR count). The molecule has 0 N–H and O–H groups in total. The molecule has 0 radical (unpaired) electrons. The number of carbonyl (C=O) groups excluding carboxylic acids is 3. The number of ether oxygens (including phenoxy) is 2. The van der Waals surface area contributed by atoms with Crippen molar-refractivity contribution in [3.8, 4) is 0 Å². The largest absolute Gasteiger partial charge is 0.462 e. The Morgan fingerprint density at radius 2 is 1.79 bits per heavy atom. The maximum absolute atomic E-state index is 12.6. The Labute approximate surface area is 167 Å². The molecule has 28 heavy (non-hydrogen) atoms. The zero-order valence-electron chi connectivity index (χ0n) is 17.5. The fourth-order valence-electron chi connectivity index (χ4n) is 7.12. The maximum Gasteiger partial charge on any atom is 0.302 e. The minimum Gasteiger partial charge on any atom is -0.462 e. The molecular weight excluding hydrogens is 356 g/mol. The van der Waals surface area contributed by atoms with Crippen LogP contribution >= 0.6 is 0 Å². The lowest BCUT2D eigenvalue weighted by molar-refractivity contribution is -0.171. The zero-order valence-corrected chi connectivity index (χ0v) is 17.5. The van der Waals surface area contributed by atoms with E-state index < -0.39 is 0 Å². The van der Waals surface area contributed by atoms with Crippen LogP contribution in [0.3, 0.4) is 0 Å². The molecule has 4 aliphatic carbocycles. The maximum atomic E-state index is 12.6. The van der Waals surface area contributed by atoms with Crippen LogP contribution < -0.4 is 0 Å². The Hall–Kier alpha value is -1.65. The van der Waals surface area contributed by atoms with E-state index in [1.54, 1.807) is 0 Å². The Morgan fingerprint density at radius 3 is 2.46 bits per heavy atom. The van der Waals surface area contributed by atoms with Crippen molar-refractivity contribution in [2.75, 3.05) is 0 Å². The highest BCUT2D eigenvalue weighted by atomic mass is 16.6. The zero-order chi connectivity index (χ0) is 20.3. The number of carbonyl (C=O) groups is 3. The van der Waals surface area contributed by atoms with Crippen molar-refractivity contribution in [1.82, 2.24) is 0 Å². The van der Waals surface area contributed by atoms with Gasteiger partial charge < -0.3 is 9.47 Å². The molecule has 3 fully saturated rings. The van der Waals surface area contributed by atoms with Gasteiger partial charge in [-0.05, 0) is 43.4 Å². The highest BCUT2D eigenvalue weighted by Crippen LogP contribution is 2.64. The van der Waals surface area contributed by atoms with Gasteiger partial charge in [-0.2, -0.15) is 0 Å². The summed E-state index contributed by atoms with van der Waals surface area (Å²) in [5.41, 5.74) is 0.859. The molecule has 0 amide bonds. The minimum absolute atomic E-state index is 0.172. The van der Waals surface area contributed by atoms with Crippen LogP contribution in [0, 0.1) is 28.6 Å². The van der Waals surface area contributed by atoms with Gasteiger partial charge in [-0.3, -0.25) is 14.4 Å². The summed E-state index contributed by atoms with van der Waals surface area (Å²) in [6.07, 6.45) is 7.65. The SMILES string of the molecule is CC(=O)OC1CC2=CC[C@@H]3[C@@H](CC[C@]4(C)C(=O)CC[C@@H]34)[C@@]2(C)C(OC(C)=O)C1. The first-order valence-electron chi connectivity index (χ1n) is 10.7. The number of hydrogen-bond acceptors (Lipinski definition) is 5. The van der Waals surface area contributed by atoms with E-state index in [4.69, 9.17) is 9.47 Å². The number of fused-ring (bicyclic) bond motifs is 5. The van der Waals surface area contributed by atoms with Crippen molar-refractivity contribution < 1.29 is 23.9 Å². The highest BCUT2D eigenvalue weighted by molar-refractivity contribution is 5.87. The van der Waals surface area contributed by atoms with Gasteiger partial charge in [0.15, 0.2) is 0 Å². The van der Waals surface area contributed by atoms with E-state index in [-0.39, 0.29) is 35.0 Å². The van der Waals surface area contributed by atoms with Crippen LogP contribution in [0.1, 0.15) is 72.6 Å². The van der Waals surface area contributed by atoms with Crippen molar-refractivity contribution in [3.05, 3.63) is 11.6 Å². The first kappa shape index (κ1) is 19.7. The van der Waals surface area contributed by atoms with Crippen molar-refractivity contribution in [3.63, 3.8) is 0 Å². The van der Waals surface area contributed by atoms with Gasteiger partial charge in [-0.25, -0.2) is 0 Å². The molecule has 0 aromatic rings. The van der Waals surface area contributed by atoms with E-state index in [9.17, 15) is 14.4 Å². The predicted molar refractivity (Wildman–Crippen MR) is 103 cm³/mol. The van der Waals surface area contributed by atoms with Gasteiger partial charge in [0, 0.05) is 43.9 Å². The average Bonchev–Trinajstić information content (AvgIpc) is 2.90. The van der Waals surface area contributed by atoms with Crippen LogP contribution in [-0.2, 0) is 23.9 Å². The van der Waals surface area contributed by atoms with Crippen molar-refractivity contribution in [2.45, 2.75) is 84.8 Å². The summed E-state index contributed by atoms with van der Waals surface area (Å²) < 4.78 is 11.4. The normalized spacial score (nSPS) is 44.6. The van der Waals surface area contributed by atoms with Gasteiger partial charge in [0.2, 0.25) is 0 Å². The number of Topliss-reactive ketones (excluding diaryl/α,β-unsaturated/α-hetero) is 1. The predicted octanol–water partition coefficient (Wildman–Crippen LogP) is 3.99. The summed E-state index contributed by atoms with van der Waals surface area (Å²) >= 11 is 0. The van der Waals surface area contributed by atoms with E-state index in [2.05, 4.69) is 19.9 Å². The number of ketones is 1. The summed E-state index contributed by atoms with van der Waals surface area (Å²) in [4.78, 5) is 36.0. The number of allylic oxidation sites excluding steroid dienone is 1. The molecular formula is C23H32O5. The van der Waals surface area contributed by atoms with Crippen LogP contribution in [0.25, 0.3) is 0 Å². The topological polar surface area (TPSA) is 69.7 Å². The fraction of sp³-hybridized carbons (Fsp3) is 0.783. The molecule has 5 heteroatoms. The Morgan fingerprint density at radius 1 is 1.07 bits per heavy atom. The molecule has 5 nitrogen and oxygen atoms in total. The average molecular weight is 389 g/mol. The monoisotopic (exact) mass is 388 g/mol. The van der Waals surface area contributed by atoms with Crippen LogP contribution in [0.5, 0.6) is 0 Å². The molecule has 154 valence electrons. The van der Waals surface area contributed by atoms with Crippen LogP contribution in [0.4, 0.5) is 0 Å².